The lowest BCUT2D eigenvalue weighted by atomic mass is 9.95. The molecule has 0 saturated carbocycles. The first-order valence-corrected chi connectivity index (χ1v) is 14.7. The Hall–Kier alpha value is -5.66. The molecule has 202 valence electrons. The van der Waals surface area contributed by atoms with Crippen LogP contribution in [0.3, 0.4) is 0 Å². The predicted octanol–water partition coefficient (Wildman–Crippen LogP) is 11.9. The van der Waals surface area contributed by atoms with Crippen LogP contribution < -0.4 is 0 Å². The molecule has 1 aromatic heterocycles. The summed E-state index contributed by atoms with van der Waals surface area (Å²) in [6, 6.07) is 60.4. The summed E-state index contributed by atoms with van der Waals surface area (Å²) in [5, 5.41) is 2.27. The highest BCUT2D eigenvalue weighted by Crippen LogP contribution is 2.36. The van der Waals surface area contributed by atoms with E-state index in [4.69, 9.17) is 4.42 Å². The van der Waals surface area contributed by atoms with Crippen molar-refractivity contribution < 1.29 is 4.42 Å². The van der Waals surface area contributed by atoms with Crippen molar-refractivity contribution in [2.75, 3.05) is 0 Å². The average Bonchev–Trinajstić information content (AvgIpc) is 3.46. The topological polar surface area (TPSA) is 13.1 Å². The lowest BCUT2D eigenvalue weighted by Gasteiger charge is -2.09. The number of furan rings is 1. The summed E-state index contributed by atoms with van der Waals surface area (Å²) in [5.41, 5.74) is 13.8. The molecule has 1 heterocycles. The molecule has 0 aliphatic heterocycles. The van der Waals surface area contributed by atoms with E-state index in [0.717, 1.165) is 27.5 Å². The molecule has 8 aromatic rings. The van der Waals surface area contributed by atoms with E-state index in [1.807, 2.05) is 0 Å². The summed E-state index contributed by atoms with van der Waals surface area (Å²) < 4.78 is 6.38. The van der Waals surface area contributed by atoms with Crippen LogP contribution in [0.15, 0.2) is 174 Å². The Balaban J connectivity index is 1.14. The van der Waals surface area contributed by atoms with Crippen molar-refractivity contribution >= 4 is 21.9 Å². The molecule has 1 heteroatoms. The van der Waals surface area contributed by atoms with Gasteiger partial charge in [0.2, 0.25) is 0 Å². The second kappa shape index (κ2) is 10.6. The van der Waals surface area contributed by atoms with E-state index in [9.17, 15) is 0 Å². The van der Waals surface area contributed by atoms with Crippen molar-refractivity contribution in [1.29, 1.82) is 0 Å². The number of hydrogen-bond acceptors (Lipinski definition) is 1. The lowest BCUT2D eigenvalue weighted by molar-refractivity contribution is 0.669. The van der Waals surface area contributed by atoms with Gasteiger partial charge in [-0.05, 0) is 98.1 Å². The highest BCUT2D eigenvalue weighted by atomic mass is 16.3. The average molecular weight is 549 g/mol. The molecule has 0 aliphatic rings. The maximum Gasteiger partial charge on any atom is 0.136 e. The van der Waals surface area contributed by atoms with Gasteiger partial charge in [0.15, 0.2) is 0 Å². The SMILES string of the molecule is c1ccc(-c2cccc(-c3cccc(-c4ccc5c(c4)oc4ccc(-c6cccc(-c7ccccc7)c6)cc45)c3)c2)cc1. The Morgan fingerprint density at radius 2 is 0.628 bits per heavy atom. The first-order valence-electron chi connectivity index (χ1n) is 14.7. The van der Waals surface area contributed by atoms with Gasteiger partial charge in [-0.1, -0.05) is 127 Å². The molecule has 0 atom stereocenters. The number of rotatable bonds is 5. The van der Waals surface area contributed by atoms with E-state index in [2.05, 4.69) is 170 Å². The van der Waals surface area contributed by atoms with Crippen LogP contribution in [0.2, 0.25) is 0 Å². The van der Waals surface area contributed by atoms with Gasteiger partial charge in [-0.25, -0.2) is 0 Å². The highest BCUT2D eigenvalue weighted by molar-refractivity contribution is 6.07. The molecule has 0 fully saturated rings. The number of fused-ring (bicyclic) bond motifs is 3. The van der Waals surface area contributed by atoms with Crippen LogP contribution >= 0.6 is 0 Å². The van der Waals surface area contributed by atoms with Crippen LogP contribution in [-0.4, -0.2) is 0 Å². The molecule has 0 amide bonds. The Labute approximate surface area is 251 Å². The standard InChI is InChI=1S/C42H28O/c1-3-10-29(11-4-1)31-14-7-16-33(24-31)34-17-9-19-36(26-34)38-20-22-39-40-27-37(21-23-41(40)43-42(39)28-38)35-18-8-15-32(25-35)30-12-5-2-6-13-30/h1-28H. The molecule has 1 nitrogen and oxygen atoms in total. The fourth-order valence-electron chi connectivity index (χ4n) is 6.03. The van der Waals surface area contributed by atoms with Crippen molar-refractivity contribution in [1.82, 2.24) is 0 Å². The zero-order valence-electron chi connectivity index (χ0n) is 23.6. The van der Waals surface area contributed by atoms with Crippen molar-refractivity contribution in [3.63, 3.8) is 0 Å². The second-order valence-electron chi connectivity index (χ2n) is 11.0. The maximum atomic E-state index is 6.38. The van der Waals surface area contributed by atoms with Gasteiger partial charge in [0, 0.05) is 10.8 Å². The minimum Gasteiger partial charge on any atom is -0.456 e. The fourth-order valence-corrected chi connectivity index (χ4v) is 6.03. The predicted molar refractivity (Wildman–Crippen MR) is 181 cm³/mol. The van der Waals surface area contributed by atoms with Crippen molar-refractivity contribution in [3.05, 3.63) is 170 Å². The van der Waals surface area contributed by atoms with E-state index in [-0.39, 0.29) is 0 Å². The van der Waals surface area contributed by atoms with Gasteiger partial charge >= 0.3 is 0 Å². The van der Waals surface area contributed by atoms with Crippen molar-refractivity contribution in [2.24, 2.45) is 0 Å². The lowest BCUT2D eigenvalue weighted by Crippen LogP contribution is -1.83. The molecular formula is C42H28O. The largest absolute Gasteiger partial charge is 0.456 e. The Morgan fingerprint density at radius 3 is 1.14 bits per heavy atom. The normalized spacial score (nSPS) is 11.3. The Kier molecular flexibility index (Phi) is 6.20. The molecule has 0 aliphatic carbocycles. The van der Waals surface area contributed by atoms with Gasteiger partial charge in [-0.3, -0.25) is 0 Å². The van der Waals surface area contributed by atoms with Gasteiger partial charge in [-0.2, -0.15) is 0 Å². The van der Waals surface area contributed by atoms with Gasteiger partial charge in [0.1, 0.15) is 11.2 Å². The molecular weight excluding hydrogens is 520 g/mol. The zero-order valence-corrected chi connectivity index (χ0v) is 23.6. The van der Waals surface area contributed by atoms with Crippen LogP contribution in [0.5, 0.6) is 0 Å². The van der Waals surface area contributed by atoms with Gasteiger partial charge in [0.05, 0.1) is 0 Å². The third-order valence-electron chi connectivity index (χ3n) is 8.27. The summed E-state index contributed by atoms with van der Waals surface area (Å²) in [4.78, 5) is 0. The van der Waals surface area contributed by atoms with E-state index in [0.29, 0.717) is 0 Å². The Morgan fingerprint density at radius 1 is 0.233 bits per heavy atom. The maximum absolute atomic E-state index is 6.38. The van der Waals surface area contributed by atoms with Gasteiger partial charge in [-0.15, -0.1) is 0 Å². The molecule has 7 aromatic carbocycles. The molecule has 0 bridgehead atoms. The smallest absolute Gasteiger partial charge is 0.136 e. The summed E-state index contributed by atoms with van der Waals surface area (Å²) >= 11 is 0. The number of hydrogen-bond donors (Lipinski definition) is 0. The first kappa shape index (κ1) is 25.1. The van der Waals surface area contributed by atoms with Gasteiger partial charge in [0.25, 0.3) is 0 Å². The minimum absolute atomic E-state index is 0.902. The molecule has 0 spiro atoms. The molecule has 0 unspecified atom stereocenters. The van der Waals surface area contributed by atoms with E-state index in [1.165, 1.54) is 50.1 Å². The molecule has 43 heavy (non-hydrogen) atoms. The molecule has 8 rings (SSSR count). The first-order chi connectivity index (χ1) is 21.3. The quantitative estimate of drug-likeness (QED) is 0.208. The van der Waals surface area contributed by atoms with Crippen LogP contribution in [0.4, 0.5) is 0 Å². The summed E-state index contributed by atoms with van der Waals surface area (Å²) in [6.45, 7) is 0. The monoisotopic (exact) mass is 548 g/mol. The third kappa shape index (κ3) is 4.81. The summed E-state index contributed by atoms with van der Waals surface area (Å²) in [7, 11) is 0. The molecule has 0 saturated heterocycles. The van der Waals surface area contributed by atoms with E-state index in [1.54, 1.807) is 0 Å². The third-order valence-corrected chi connectivity index (χ3v) is 8.27. The number of benzene rings is 7. The second-order valence-corrected chi connectivity index (χ2v) is 11.0. The van der Waals surface area contributed by atoms with Crippen LogP contribution in [-0.2, 0) is 0 Å². The van der Waals surface area contributed by atoms with E-state index >= 15 is 0 Å². The van der Waals surface area contributed by atoms with Crippen LogP contribution in [0.25, 0.3) is 77.6 Å². The van der Waals surface area contributed by atoms with E-state index < -0.39 is 0 Å². The summed E-state index contributed by atoms with van der Waals surface area (Å²) in [6.07, 6.45) is 0. The minimum atomic E-state index is 0.902. The van der Waals surface area contributed by atoms with Crippen molar-refractivity contribution in [2.45, 2.75) is 0 Å². The molecule has 0 N–H and O–H groups in total. The summed E-state index contributed by atoms with van der Waals surface area (Å²) in [5.74, 6) is 0. The molecule has 0 radical (unpaired) electrons. The van der Waals surface area contributed by atoms with Gasteiger partial charge < -0.3 is 4.42 Å². The van der Waals surface area contributed by atoms with Crippen molar-refractivity contribution in [3.8, 4) is 55.6 Å². The van der Waals surface area contributed by atoms with Crippen LogP contribution in [0.1, 0.15) is 0 Å². The van der Waals surface area contributed by atoms with Crippen LogP contribution in [0, 0.1) is 0 Å². The fraction of sp³-hybridized carbons (Fsp3) is 0. The highest BCUT2D eigenvalue weighted by Gasteiger charge is 2.12. The Bertz CT molecular complexity index is 2220. The zero-order chi connectivity index (χ0) is 28.6.